The molecule has 0 saturated carbocycles. The van der Waals surface area contributed by atoms with Gasteiger partial charge in [-0.15, -0.1) is 0 Å². The minimum absolute atomic E-state index is 0.122. The highest BCUT2D eigenvalue weighted by molar-refractivity contribution is 7.92. The Balaban J connectivity index is 1.62. The number of amides is 1. The van der Waals surface area contributed by atoms with E-state index in [-0.39, 0.29) is 23.4 Å². The summed E-state index contributed by atoms with van der Waals surface area (Å²) in [5, 5.41) is 3.38. The molecule has 178 valence electrons. The van der Waals surface area contributed by atoms with Crippen LogP contribution in [-0.2, 0) is 27.7 Å². The largest absolute Gasteiger partial charge is 0.348 e. The molecule has 0 aliphatic heterocycles. The number of nitrogens with one attached hydrogen (secondary N) is 1. The van der Waals surface area contributed by atoms with Gasteiger partial charge in [-0.2, -0.15) is 0 Å². The van der Waals surface area contributed by atoms with Crippen molar-refractivity contribution in [1.82, 2.24) is 5.32 Å². The highest BCUT2D eigenvalue weighted by Gasteiger charge is 2.29. The molecule has 1 unspecified atom stereocenters. The maximum absolute atomic E-state index is 13.6. The van der Waals surface area contributed by atoms with E-state index in [2.05, 4.69) is 17.4 Å². The number of hydrogen-bond donors (Lipinski definition) is 1. The molecule has 1 aliphatic carbocycles. The van der Waals surface area contributed by atoms with Crippen LogP contribution >= 0.6 is 11.6 Å². The first-order valence-corrected chi connectivity index (χ1v) is 13.2. The number of rotatable bonds is 7. The summed E-state index contributed by atoms with van der Waals surface area (Å²) in [7, 11) is -4.00. The lowest BCUT2D eigenvalue weighted by molar-refractivity contribution is -0.120. The first-order chi connectivity index (χ1) is 16.1. The van der Waals surface area contributed by atoms with Crippen LogP contribution in [0.3, 0.4) is 0 Å². The molecule has 3 aromatic carbocycles. The van der Waals surface area contributed by atoms with Crippen molar-refractivity contribution in [2.24, 2.45) is 0 Å². The average Bonchev–Trinajstić information content (AvgIpc) is 3.27. The average molecular weight is 497 g/mol. The van der Waals surface area contributed by atoms with Gasteiger partial charge in [0.2, 0.25) is 5.91 Å². The molecule has 7 heteroatoms. The van der Waals surface area contributed by atoms with E-state index in [4.69, 9.17) is 11.6 Å². The zero-order valence-corrected chi connectivity index (χ0v) is 21.2. The quantitative estimate of drug-likeness (QED) is 0.468. The maximum Gasteiger partial charge on any atom is 0.264 e. The van der Waals surface area contributed by atoms with Gasteiger partial charge < -0.3 is 5.32 Å². The summed E-state index contributed by atoms with van der Waals surface area (Å²) in [5.74, 6) is -0.386. The lowest BCUT2D eigenvalue weighted by Crippen LogP contribution is -2.42. The second kappa shape index (κ2) is 9.80. The van der Waals surface area contributed by atoms with Gasteiger partial charge in [-0.1, -0.05) is 53.6 Å². The molecule has 0 bridgehead atoms. The smallest absolute Gasteiger partial charge is 0.264 e. The van der Waals surface area contributed by atoms with Gasteiger partial charge in [-0.3, -0.25) is 9.10 Å². The van der Waals surface area contributed by atoms with Gasteiger partial charge in [0.25, 0.3) is 10.0 Å². The van der Waals surface area contributed by atoms with Crippen molar-refractivity contribution in [3.8, 4) is 0 Å². The fourth-order valence-electron chi connectivity index (χ4n) is 4.35. The van der Waals surface area contributed by atoms with E-state index in [0.717, 1.165) is 34.7 Å². The summed E-state index contributed by atoms with van der Waals surface area (Å²) < 4.78 is 28.4. The Hall–Kier alpha value is -2.83. The van der Waals surface area contributed by atoms with Crippen molar-refractivity contribution in [3.05, 3.63) is 93.5 Å². The summed E-state index contributed by atoms with van der Waals surface area (Å²) in [6.07, 6.45) is 3.31. The van der Waals surface area contributed by atoms with Crippen LogP contribution in [0.2, 0.25) is 5.02 Å². The molecule has 0 radical (unpaired) electrons. The third kappa shape index (κ3) is 5.13. The highest BCUT2D eigenvalue weighted by Crippen LogP contribution is 2.30. The first-order valence-electron chi connectivity index (χ1n) is 11.4. The molecule has 0 fully saturated rings. The molecule has 1 aliphatic rings. The monoisotopic (exact) mass is 496 g/mol. The van der Waals surface area contributed by atoms with Crippen molar-refractivity contribution < 1.29 is 13.2 Å². The third-order valence-corrected chi connectivity index (χ3v) is 8.35. The molecule has 1 amide bonds. The number of anilines is 1. The predicted octanol–water partition coefficient (Wildman–Crippen LogP) is 5.52. The fraction of sp³-hybridized carbons (Fsp3) is 0.296. The van der Waals surface area contributed by atoms with Crippen LogP contribution in [0.1, 0.15) is 47.2 Å². The fourth-order valence-corrected chi connectivity index (χ4v) is 5.99. The lowest BCUT2D eigenvalue weighted by atomic mass is 10.0. The predicted molar refractivity (Wildman–Crippen MR) is 137 cm³/mol. The number of carbonyl (C=O) groups excluding carboxylic acids is 1. The lowest BCUT2D eigenvalue weighted by Gasteiger charge is -2.27. The van der Waals surface area contributed by atoms with E-state index in [1.54, 1.807) is 49.4 Å². The van der Waals surface area contributed by atoms with Crippen LogP contribution in [0.5, 0.6) is 0 Å². The third-order valence-electron chi connectivity index (χ3n) is 6.34. The van der Waals surface area contributed by atoms with Gasteiger partial charge in [0.15, 0.2) is 0 Å². The zero-order valence-electron chi connectivity index (χ0n) is 19.6. The molecule has 5 nitrogen and oxygen atoms in total. The number of sulfonamides is 1. The first kappa shape index (κ1) is 24.3. The summed E-state index contributed by atoms with van der Waals surface area (Å²) in [6.45, 7) is 5.25. The zero-order chi connectivity index (χ0) is 24.5. The molecule has 34 heavy (non-hydrogen) atoms. The van der Waals surface area contributed by atoms with Crippen molar-refractivity contribution >= 4 is 33.2 Å². The number of nitrogens with zero attached hydrogens (tertiary/aromatic N) is 1. The van der Waals surface area contributed by atoms with E-state index in [0.29, 0.717) is 16.3 Å². The molecular formula is C27H29ClN2O3S. The Morgan fingerprint density at radius 1 is 1.00 bits per heavy atom. The highest BCUT2D eigenvalue weighted by atomic mass is 35.5. The van der Waals surface area contributed by atoms with Gasteiger partial charge >= 0.3 is 0 Å². The van der Waals surface area contributed by atoms with Crippen molar-refractivity contribution in [3.63, 3.8) is 0 Å². The molecule has 0 saturated heterocycles. The molecule has 1 atom stereocenters. The SMILES string of the molecule is Cc1ccc(S(=O)(=O)N(CC(=O)NC(C)c2ccc3c(c2)CCC3)c2cc(Cl)ccc2C)cc1. The molecule has 0 spiro atoms. The summed E-state index contributed by atoms with van der Waals surface area (Å²) in [5.41, 5.74) is 5.75. The normalized spacial score (nSPS) is 13.9. The molecule has 4 rings (SSSR count). The number of aryl methyl sites for hydroxylation is 4. The van der Waals surface area contributed by atoms with Crippen LogP contribution in [0, 0.1) is 13.8 Å². The van der Waals surface area contributed by atoms with Gasteiger partial charge in [0.1, 0.15) is 6.54 Å². The van der Waals surface area contributed by atoms with Crippen LogP contribution in [0.15, 0.2) is 65.6 Å². The van der Waals surface area contributed by atoms with Crippen LogP contribution < -0.4 is 9.62 Å². The van der Waals surface area contributed by atoms with Crippen molar-refractivity contribution in [1.29, 1.82) is 0 Å². The van der Waals surface area contributed by atoms with Crippen LogP contribution in [0.25, 0.3) is 0 Å². The standard InChI is InChI=1S/C27H29ClN2O3S/c1-18-7-13-25(14-8-18)34(32,33)30(26-16-24(28)12-9-19(26)2)17-27(31)29-20(3)22-11-10-21-5-4-6-23(21)15-22/h7-16,20H,4-6,17H2,1-3H3,(H,29,31). The summed E-state index contributed by atoms with van der Waals surface area (Å²) in [4.78, 5) is 13.2. The van der Waals surface area contributed by atoms with E-state index in [1.165, 1.54) is 11.1 Å². The number of hydrogen-bond acceptors (Lipinski definition) is 3. The topological polar surface area (TPSA) is 66.5 Å². The van der Waals surface area contributed by atoms with Gasteiger partial charge in [-0.25, -0.2) is 8.42 Å². The van der Waals surface area contributed by atoms with E-state index >= 15 is 0 Å². The van der Waals surface area contributed by atoms with Gasteiger partial charge in [0, 0.05) is 5.02 Å². The maximum atomic E-state index is 13.6. The molecule has 3 aromatic rings. The molecule has 0 heterocycles. The van der Waals surface area contributed by atoms with Crippen molar-refractivity contribution in [2.75, 3.05) is 10.8 Å². The Labute approximate surface area is 206 Å². The van der Waals surface area contributed by atoms with Crippen LogP contribution in [0.4, 0.5) is 5.69 Å². The molecule has 1 N–H and O–H groups in total. The molecule has 0 aromatic heterocycles. The Morgan fingerprint density at radius 3 is 2.44 bits per heavy atom. The minimum atomic E-state index is -4.00. The number of fused-ring (bicyclic) bond motifs is 1. The number of benzene rings is 3. The van der Waals surface area contributed by atoms with Crippen molar-refractivity contribution in [2.45, 2.75) is 51.0 Å². The summed E-state index contributed by atoms with van der Waals surface area (Å²) in [6, 6.07) is 17.7. The second-order valence-electron chi connectivity index (χ2n) is 8.93. The Kier molecular flexibility index (Phi) is 7.01. The van der Waals surface area contributed by atoms with E-state index < -0.39 is 10.0 Å². The molecular weight excluding hydrogens is 468 g/mol. The van der Waals surface area contributed by atoms with Gasteiger partial charge in [-0.05, 0) is 86.6 Å². The number of halogens is 1. The number of carbonyl (C=O) groups is 1. The summed E-state index contributed by atoms with van der Waals surface area (Å²) >= 11 is 6.20. The van der Waals surface area contributed by atoms with E-state index in [1.807, 2.05) is 19.9 Å². The minimum Gasteiger partial charge on any atom is -0.348 e. The van der Waals surface area contributed by atoms with Crippen LogP contribution in [-0.4, -0.2) is 20.9 Å². The Morgan fingerprint density at radius 2 is 1.71 bits per heavy atom. The van der Waals surface area contributed by atoms with Gasteiger partial charge in [0.05, 0.1) is 16.6 Å². The Bertz CT molecular complexity index is 1320. The second-order valence-corrected chi connectivity index (χ2v) is 11.2. The van der Waals surface area contributed by atoms with E-state index in [9.17, 15) is 13.2 Å².